The third-order valence-corrected chi connectivity index (χ3v) is 7.70. The smallest absolute Gasteiger partial charge is 0.304 e. The molecule has 2 fully saturated rings. The molecule has 2 aromatic rings. The minimum Gasteiger partial charge on any atom is -0.481 e. The van der Waals surface area contributed by atoms with E-state index in [2.05, 4.69) is 25.1 Å². The van der Waals surface area contributed by atoms with Crippen LogP contribution >= 0.6 is 0 Å². The molecule has 1 aromatic carbocycles. The van der Waals surface area contributed by atoms with Gasteiger partial charge in [0.2, 0.25) is 0 Å². The van der Waals surface area contributed by atoms with Gasteiger partial charge in [0.1, 0.15) is 11.5 Å². The van der Waals surface area contributed by atoms with Crippen LogP contribution in [0.25, 0.3) is 0 Å². The molecule has 1 atom stereocenters. The standard InChI is InChI=1S/C29H39NO4/c1-17(2)5-7-20-12-24(13-20)29-27(21-9-10-21)28(30-34-29)23(16-26(32)33)15-25(31)14-22-8-6-18(3)11-19(22)4/h6,8,11,17,20-21,23-24H,5,7,9-10,12-16H2,1-4H3,(H,32,33). The lowest BCUT2D eigenvalue weighted by atomic mass is 9.70. The number of carbonyl (C=O) groups excluding carboxylic acids is 1. The van der Waals surface area contributed by atoms with Crippen LogP contribution in [0.4, 0.5) is 0 Å². The Balaban J connectivity index is 1.49. The van der Waals surface area contributed by atoms with Crippen molar-refractivity contribution < 1.29 is 19.2 Å². The number of aromatic nitrogens is 1. The number of hydrogen-bond donors (Lipinski definition) is 1. The lowest BCUT2D eigenvalue weighted by Crippen LogP contribution is -2.23. The second-order valence-electron chi connectivity index (χ2n) is 11.3. The largest absolute Gasteiger partial charge is 0.481 e. The molecular formula is C29H39NO4. The fourth-order valence-electron chi connectivity index (χ4n) is 5.53. The van der Waals surface area contributed by atoms with Gasteiger partial charge >= 0.3 is 5.97 Å². The fraction of sp³-hybridized carbons (Fsp3) is 0.621. The van der Waals surface area contributed by atoms with Crippen LogP contribution in [0.1, 0.15) is 117 Å². The van der Waals surface area contributed by atoms with Gasteiger partial charge in [-0.2, -0.15) is 0 Å². The molecule has 1 heterocycles. The number of carboxylic acid groups (broad SMARTS) is 1. The SMILES string of the molecule is Cc1ccc(CC(=O)CC(CC(=O)O)c2noc(C3CC(CCC(C)C)C3)c2C2CC2)c(C)c1. The van der Waals surface area contributed by atoms with Gasteiger partial charge in [-0.3, -0.25) is 9.59 Å². The van der Waals surface area contributed by atoms with Gasteiger partial charge in [-0.15, -0.1) is 0 Å². The van der Waals surface area contributed by atoms with Crippen LogP contribution < -0.4 is 0 Å². The number of nitrogens with zero attached hydrogens (tertiary/aromatic N) is 1. The maximum absolute atomic E-state index is 13.0. The lowest BCUT2D eigenvalue weighted by molar-refractivity contribution is -0.137. The van der Waals surface area contributed by atoms with Gasteiger partial charge < -0.3 is 9.63 Å². The van der Waals surface area contributed by atoms with E-state index in [0.717, 1.165) is 65.7 Å². The summed E-state index contributed by atoms with van der Waals surface area (Å²) < 4.78 is 5.92. The van der Waals surface area contributed by atoms with Crippen molar-refractivity contribution in [2.75, 3.05) is 0 Å². The average Bonchev–Trinajstić information content (AvgIpc) is 3.47. The van der Waals surface area contributed by atoms with Crippen molar-refractivity contribution in [1.82, 2.24) is 5.16 Å². The van der Waals surface area contributed by atoms with Crippen LogP contribution in [-0.2, 0) is 16.0 Å². The van der Waals surface area contributed by atoms with E-state index in [0.29, 0.717) is 18.3 Å². The summed E-state index contributed by atoms with van der Waals surface area (Å²) in [5.74, 6) is 2.01. The van der Waals surface area contributed by atoms with E-state index in [4.69, 9.17) is 4.52 Å². The highest BCUT2D eigenvalue weighted by Crippen LogP contribution is 2.52. The van der Waals surface area contributed by atoms with Crippen LogP contribution in [-0.4, -0.2) is 22.0 Å². The first-order valence-corrected chi connectivity index (χ1v) is 13.0. The number of ketones is 1. The molecule has 0 bridgehead atoms. The number of benzene rings is 1. The van der Waals surface area contributed by atoms with Crippen molar-refractivity contribution in [2.24, 2.45) is 11.8 Å². The van der Waals surface area contributed by atoms with Crippen molar-refractivity contribution in [3.05, 3.63) is 51.9 Å². The Morgan fingerprint density at radius 1 is 1.12 bits per heavy atom. The minimum atomic E-state index is -0.895. The maximum atomic E-state index is 13.0. The van der Waals surface area contributed by atoms with E-state index >= 15 is 0 Å². The summed E-state index contributed by atoms with van der Waals surface area (Å²) in [6.45, 7) is 8.60. The predicted octanol–water partition coefficient (Wildman–Crippen LogP) is 6.86. The van der Waals surface area contributed by atoms with Gasteiger partial charge in [0, 0.05) is 30.2 Å². The molecule has 0 aliphatic heterocycles. The van der Waals surface area contributed by atoms with E-state index in [-0.39, 0.29) is 18.6 Å². The van der Waals surface area contributed by atoms with Crippen molar-refractivity contribution in [2.45, 2.75) is 103 Å². The van der Waals surface area contributed by atoms with Crippen molar-refractivity contribution >= 4 is 11.8 Å². The third-order valence-electron chi connectivity index (χ3n) is 7.70. The van der Waals surface area contributed by atoms with Crippen molar-refractivity contribution in [3.63, 3.8) is 0 Å². The Kier molecular flexibility index (Phi) is 7.59. The minimum absolute atomic E-state index is 0.0573. The van der Waals surface area contributed by atoms with Crippen LogP contribution in [0.2, 0.25) is 0 Å². The quantitative estimate of drug-likeness (QED) is 0.370. The molecule has 34 heavy (non-hydrogen) atoms. The number of aliphatic carboxylic acids is 1. The molecule has 0 spiro atoms. The summed E-state index contributed by atoms with van der Waals surface area (Å²) in [5, 5.41) is 14.0. The highest BCUT2D eigenvalue weighted by atomic mass is 16.5. The molecule has 1 unspecified atom stereocenters. The lowest BCUT2D eigenvalue weighted by Gasteiger charge is -2.34. The molecule has 2 aliphatic rings. The summed E-state index contributed by atoms with van der Waals surface area (Å²) in [7, 11) is 0. The fourth-order valence-corrected chi connectivity index (χ4v) is 5.53. The normalized spacial score (nSPS) is 20.9. The summed E-state index contributed by atoms with van der Waals surface area (Å²) >= 11 is 0. The summed E-state index contributed by atoms with van der Waals surface area (Å²) in [4.78, 5) is 24.8. The van der Waals surface area contributed by atoms with Crippen molar-refractivity contribution in [3.8, 4) is 0 Å². The highest BCUT2D eigenvalue weighted by molar-refractivity contribution is 5.83. The first-order valence-electron chi connectivity index (χ1n) is 13.0. The van der Waals surface area contributed by atoms with Crippen LogP contribution in [0.15, 0.2) is 22.7 Å². The number of carbonyl (C=O) groups is 2. The van der Waals surface area contributed by atoms with Gasteiger partial charge in [-0.1, -0.05) is 55.6 Å². The van der Waals surface area contributed by atoms with E-state index in [1.54, 1.807) is 0 Å². The molecular weight excluding hydrogens is 426 g/mol. The van der Waals surface area contributed by atoms with Gasteiger partial charge in [0.25, 0.3) is 0 Å². The molecule has 0 radical (unpaired) electrons. The molecule has 2 saturated carbocycles. The van der Waals surface area contributed by atoms with Crippen LogP contribution in [0.5, 0.6) is 0 Å². The first kappa shape index (κ1) is 24.7. The topological polar surface area (TPSA) is 80.4 Å². The number of rotatable bonds is 12. The molecule has 5 heteroatoms. The van der Waals surface area contributed by atoms with Gasteiger partial charge in [-0.25, -0.2) is 0 Å². The zero-order chi connectivity index (χ0) is 24.4. The van der Waals surface area contributed by atoms with Gasteiger partial charge in [-0.05, 0) is 68.4 Å². The van der Waals surface area contributed by atoms with Crippen LogP contribution in [0.3, 0.4) is 0 Å². The van der Waals surface area contributed by atoms with E-state index in [9.17, 15) is 14.7 Å². The molecule has 4 rings (SSSR count). The average molecular weight is 466 g/mol. The first-order chi connectivity index (χ1) is 16.2. The molecule has 1 N–H and O–H groups in total. The van der Waals surface area contributed by atoms with Crippen LogP contribution in [0, 0.1) is 25.7 Å². The second-order valence-corrected chi connectivity index (χ2v) is 11.3. The summed E-state index contributed by atoms with van der Waals surface area (Å²) in [6, 6.07) is 6.11. The molecule has 0 saturated heterocycles. The monoisotopic (exact) mass is 465 g/mol. The Hall–Kier alpha value is -2.43. The predicted molar refractivity (Wildman–Crippen MR) is 132 cm³/mol. The second kappa shape index (κ2) is 10.5. The summed E-state index contributed by atoms with van der Waals surface area (Å²) in [6.07, 6.45) is 7.42. The van der Waals surface area contributed by atoms with Crippen molar-refractivity contribution in [1.29, 1.82) is 0 Å². The zero-order valence-electron chi connectivity index (χ0n) is 21.1. The molecule has 184 valence electrons. The highest BCUT2D eigenvalue weighted by Gasteiger charge is 2.41. The molecule has 0 amide bonds. The Labute approximate surface area is 203 Å². The number of Topliss-reactive ketones (excluding diaryl/α,β-unsaturated/α-hetero) is 1. The number of aryl methyl sites for hydroxylation is 2. The van der Waals surface area contributed by atoms with E-state index < -0.39 is 11.9 Å². The van der Waals surface area contributed by atoms with E-state index in [1.165, 1.54) is 18.4 Å². The molecule has 2 aliphatic carbocycles. The van der Waals surface area contributed by atoms with Gasteiger partial charge in [0.15, 0.2) is 0 Å². The Bertz CT molecular complexity index is 1030. The number of carboxylic acids is 1. The maximum Gasteiger partial charge on any atom is 0.304 e. The van der Waals surface area contributed by atoms with Gasteiger partial charge in [0.05, 0.1) is 12.1 Å². The molecule has 1 aromatic heterocycles. The third kappa shape index (κ3) is 5.97. The number of hydrogen-bond acceptors (Lipinski definition) is 4. The van der Waals surface area contributed by atoms with E-state index in [1.807, 2.05) is 26.0 Å². The molecule has 5 nitrogen and oxygen atoms in total. The Morgan fingerprint density at radius 2 is 1.85 bits per heavy atom. The summed E-state index contributed by atoms with van der Waals surface area (Å²) in [5.41, 5.74) is 5.15. The zero-order valence-corrected chi connectivity index (χ0v) is 21.1. The Morgan fingerprint density at radius 3 is 2.47 bits per heavy atom.